The van der Waals surface area contributed by atoms with Crippen molar-refractivity contribution in [2.75, 3.05) is 5.32 Å². The maximum Gasteiger partial charge on any atom is 0.412 e. The predicted octanol–water partition coefficient (Wildman–Crippen LogP) is 3.39. The molecule has 1 amide bonds. The highest BCUT2D eigenvalue weighted by Crippen LogP contribution is 2.27. The summed E-state index contributed by atoms with van der Waals surface area (Å²) in [7, 11) is 0. The fourth-order valence-electron chi connectivity index (χ4n) is 2.18. The molecular formula is C17H18N4O4. The molecule has 0 unspecified atom stereocenters. The van der Waals surface area contributed by atoms with Gasteiger partial charge in [0.15, 0.2) is 11.4 Å². The molecule has 2 heterocycles. The summed E-state index contributed by atoms with van der Waals surface area (Å²) >= 11 is 0. The Morgan fingerprint density at radius 2 is 2.00 bits per heavy atom. The molecule has 0 atom stereocenters. The maximum atomic E-state index is 11.8. The zero-order chi connectivity index (χ0) is 18.0. The number of carbonyl (C=O) groups is 1. The molecule has 0 bridgehead atoms. The summed E-state index contributed by atoms with van der Waals surface area (Å²) in [6.07, 6.45) is 0.982. The van der Waals surface area contributed by atoms with Gasteiger partial charge in [0.05, 0.1) is 0 Å². The molecule has 0 fully saturated rings. The first-order valence-electron chi connectivity index (χ1n) is 7.65. The number of rotatable bonds is 3. The highest BCUT2D eigenvalue weighted by Gasteiger charge is 2.16. The van der Waals surface area contributed by atoms with Gasteiger partial charge >= 0.3 is 11.8 Å². The number of aromatic nitrogens is 3. The number of H-pyrrole nitrogens is 2. The van der Waals surface area contributed by atoms with Crippen molar-refractivity contribution in [1.82, 2.24) is 15.0 Å². The van der Waals surface area contributed by atoms with E-state index in [-0.39, 0.29) is 5.69 Å². The van der Waals surface area contributed by atoms with E-state index in [0.717, 1.165) is 0 Å². The van der Waals surface area contributed by atoms with E-state index >= 15 is 0 Å². The van der Waals surface area contributed by atoms with E-state index in [1.54, 1.807) is 51.1 Å². The molecule has 0 saturated heterocycles. The van der Waals surface area contributed by atoms with Crippen LogP contribution in [0, 0.1) is 0 Å². The molecule has 0 aliphatic carbocycles. The van der Waals surface area contributed by atoms with Crippen molar-refractivity contribution in [3.05, 3.63) is 47.0 Å². The van der Waals surface area contributed by atoms with E-state index in [9.17, 15) is 9.59 Å². The Morgan fingerprint density at radius 1 is 1.20 bits per heavy atom. The van der Waals surface area contributed by atoms with Crippen LogP contribution in [-0.4, -0.2) is 26.6 Å². The number of benzene rings is 1. The normalized spacial score (nSPS) is 11.3. The monoisotopic (exact) mass is 342 g/mol. The molecule has 8 nitrogen and oxygen atoms in total. The van der Waals surface area contributed by atoms with E-state index in [2.05, 4.69) is 20.3 Å². The van der Waals surface area contributed by atoms with Gasteiger partial charge in [0.1, 0.15) is 16.9 Å². The van der Waals surface area contributed by atoms with Crippen molar-refractivity contribution in [2.24, 2.45) is 0 Å². The number of hydrogen-bond donors (Lipinski definition) is 3. The molecule has 0 spiro atoms. The first-order valence-corrected chi connectivity index (χ1v) is 7.65. The van der Waals surface area contributed by atoms with E-state index in [1.807, 2.05) is 0 Å². The molecule has 25 heavy (non-hydrogen) atoms. The van der Waals surface area contributed by atoms with Gasteiger partial charge in [0.2, 0.25) is 0 Å². The van der Waals surface area contributed by atoms with Gasteiger partial charge in [-0.05, 0) is 32.9 Å². The zero-order valence-corrected chi connectivity index (χ0v) is 14.0. The van der Waals surface area contributed by atoms with Gasteiger partial charge in [-0.3, -0.25) is 10.3 Å². The summed E-state index contributed by atoms with van der Waals surface area (Å²) < 4.78 is 11.0. The maximum absolute atomic E-state index is 11.8. The molecule has 0 aliphatic rings. The number of ether oxygens (including phenoxy) is 2. The third-order valence-corrected chi connectivity index (χ3v) is 3.09. The lowest BCUT2D eigenvalue weighted by atomic mass is 10.2. The van der Waals surface area contributed by atoms with Crippen LogP contribution in [-0.2, 0) is 4.74 Å². The summed E-state index contributed by atoms with van der Waals surface area (Å²) in [5.74, 6) is 0.931. The summed E-state index contributed by atoms with van der Waals surface area (Å²) in [5.41, 5.74) is 0.461. The second-order valence-electron chi connectivity index (χ2n) is 6.37. The van der Waals surface area contributed by atoms with Gasteiger partial charge in [0.25, 0.3) is 0 Å². The second-order valence-corrected chi connectivity index (χ2v) is 6.37. The van der Waals surface area contributed by atoms with E-state index < -0.39 is 11.7 Å². The largest absolute Gasteiger partial charge is 0.455 e. The number of hydrogen-bond acceptors (Lipinski definition) is 5. The van der Waals surface area contributed by atoms with Gasteiger partial charge < -0.3 is 14.5 Å². The fourth-order valence-corrected chi connectivity index (χ4v) is 2.18. The van der Waals surface area contributed by atoms with Crippen molar-refractivity contribution >= 4 is 22.9 Å². The van der Waals surface area contributed by atoms with E-state index in [0.29, 0.717) is 28.4 Å². The number of aromatic amines is 2. The van der Waals surface area contributed by atoms with Crippen LogP contribution in [0.1, 0.15) is 20.8 Å². The minimum absolute atomic E-state index is 0.362. The minimum atomic E-state index is -0.582. The molecule has 0 saturated carbocycles. The lowest BCUT2D eigenvalue weighted by Crippen LogP contribution is -2.27. The zero-order valence-electron chi connectivity index (χ0n) is 14.0. The molecule has 8 heteroatoms. The second kappa shape index (κ2) is 6.31. The topological polar surface area (TPSA) is 109 Å². The molecular weight excluding hydrogens is 324 g/mol. The molecule has 2 aromatic heterocycles. The van der Waals surface area contributed by atoms with Crippen LogP contribution < -0.4 is 15.7 Å². The van der Waals surface area contributed by atoms with Crippen LogP contribution in [0.2, 0.25) is 0 Å². The quantitative estimate of drug-likeness (QED) is 0.676. The van der Waals surface area contributed by atoms with Crippen molar-refractivity contribution < 1.29 is 14.3 Å². The van der Waals surface area contributed by atoms with Gasteiger partial charge in [0, 0.05) is 24.0 Å². The lowest BCUT2D eigenvalue weighted by Gasteiger charge is -2.19. The number of fused-ring (bicyclic) bond motifs is 1. The number of nitrogens with one attached hydrogen (secondary N) is 3. The van der Waals surface area contributed by atoms with Crippen molar-refractivity contribution in [3.63, 3.8) is 0 Å². The first kappa shape index (κ1) is 16.6. The summed E-state index contributed by atoms with van der Waals surface area (Å²) in [6.45, 7) is 5.37. The summed E-state index contributed by atoms with van der Waals surface area (Å²) in [4.78, 5) is 32.5. The molecule has 3 N–H and O–H groups in total. The Balaban J connectivity index is 1.79. The Hall–Kier alpha value is -3.29. The third kappa shape index (κ3) is 4.17. The Bertz CT molecular complexity index is 968. The Labute approximate surface area is 143 Å². The van der Waals surface area contributed by atoms with E-state index in [1.165, 1.54) is 6.20 Å². The van der Waals surface area contributed by atoms with Crippen LogP contribution >= 0.6 is 0 Å². The molecule has 130 valence electrons. The number of anilines is 1. The fraction of sp³-hybridized carbons (Fsp3) is 0.235. The van der Waals surface area contributed by atoms with Crippen LogP contribution in [0.3, 0.4) is 0 Å². The Kier molecular flexibility index (Phi) is 4.18. The number of nitrogens with zero attached hydrogens (tertiary/aromatic N) is 1. The van der Waals surface area contributed by atoms with Crippen LogP contribution in [0.4, 0.5) is 10.5 Å². The van der Waals surface area contributed by atoms with Crippen molar-refractivity contribution in [3.8, 4) is 11.5 Å². The highest BCUT2D eigenvalue weighted by atomic mass is 16.6. The van der Waals surface area contributed by atoms with Gasteiger partial charge in [-0.1, -0.05) is 6.07 Å². The number of amides is 1. The summed E-state index contributed by atoms with van der Waals surface area (Å²) in [5, 5.41) is 2.65. The molecule has 0 aliphatic heterocycles. The molecule has 0 radical (unpaired) electrons. The van der Waals surface area contributed by atoms with Crippen LogP contribution in [0.25, 0.3) is 11.2 Å². The lowest BCUT2D eigenvalue weighted by molar-refractivity contribution is 0.0636. The number of pyridine rings is 1. The number of carbonyl (C=O) groups excluding carboxylic acids is 1. The van der Waals surface area contributed by atoms with Crippen molar-refractivity contribution in [1.29, 1.82) is 0 Å². The molecule has 1 aromatic carbocycles. The number of imidazole rings is 1. The SMILES string of the molecule is CC(C)(C)OC(=O)Nc1cccc(Oc2ccnc3[nH]c(=O)[nH]c23)c1. The summed E-state index contributed by atoms with van der Waals surface area (Å²) in [6, 6.07) is 8.48. The van der Waals surface area contributed by atoms with E-state index in [4.69, 9.17) is 9.47 Å². The predicted molar refractivity (Wildman–Crippen MR) is 93.1 cm³/mol. The highest BCUT2D eigenvalue weighted by molar-refractivity contribution is 5.85. The molecule has 3 rings (SSSR count). The minimum Gasteiger partial charge on any atom is -0.455 e. The van der Waals surface area contributed by atoms with Gasteiger partial charge in [-0.2, -0.15) is 0 Å². The smallest absolute Gasteiger partial charge is 0.412 e. The van der Waals surface area contributed by atoms with Crippen LogP contribution in [0.15, 0.2) is 41.3 Å². The Morgan fingerprint density at radius 3 is 2.76 bits per heavy atom. The molecule has 3 aromatic rings. The third-order valence-electron chi connectivity index (χ3n) is 3.09. The standard InChI is InChI=1S/C17H18N4O4/c1-17(2,3)25-16(23)19-10-5-4-6-11(9-10)24-12-7-8-18-14-13(12)20-15(22)21-14/h4-9H,1-3H3,(H,19,23)(H2,18,20,21,22). The van der Waals surface area contributed by atoms with Crippen LogP contribution in [0.5, 0.6) is 11.5 Å². The average molecular weight is 342 g/mol. The van der Waals surface area contributed by atoms with Crippen molar-refractivity contribution in [2.45, 2.75) is 26.4 Å². The first-order chi connectivity index (χ1) is 11.8. The average Bonchev–Trinajstić information content (AvgIpc) is 2.87. The van der Waals surface area contributed by atoms with Gasteiger partial charge in [-0.15, -0.1) is 0 Å². The van der Waals surface area contributed by atoms with Gasteiger partial charge in [-0.25, -0.2) is 14.6 Å².